The Hall–Kier alpha value is -1.23. The molecule has 0 aromatic carbocycles. The highest BCUT2D eigenvalue weighted by atomic mass is 16.1. The van der Waals surface area contributed by atoms with Crippen LogP contribution in [0.5, 0.6) is 0 Å². The van der Waals surface area contributed by atoms with Gasteiger partial charge < -0.3 is 5.32 Å². The molecule has 0 aliphatic carbocycles. The number of carbonyl (C=O) groups excluding carboxylic acids is 1. The second kappa shape index (κ2) is 5.60. The summed E-state index contributed by atoms with van der Waals surface area (Å²) in [5.74, 6) is 0.956. The molecular formula is C10H18N4O. The summed E-state index contributed by atoms with van der Waals surface area (Å²) in [5.41, 5.74) is 0. The lowest BCUT2D eigenvalue weighted by atomic mass is 10.0. The van der Waals surface area contributed by atoms with Crippen molar-refractivity contribution in [3.05, 3.63) is 12.2 Å². The minimum Gasteiger partial charge on any atom is -0.316 e. The van der Waals surface area contributed by atoms with Crippen LogP contribution in [0.15, 0.2) is 6.33 Å². The van der Waals surface area contributed by atoms with Crippen molar-refractivity contribution < 1.29 is 4.79 Å². The van der Waals surface area contributed by atoms with Gasteiger partial charge in [0, 0.05) is 19.5 Å². The Morgan fingerprint density at radius 3 is 2.93 bits per heavy atom. The Morgan fingerprint density at radius 1 is 1.67 bits per heavy atom. The average Bonchev–Trinajstić information content (AvgIpc) is 2.61. The molecule has 1 N–H and O–H groups in total. The van der Waals surface area contributed by atoms with E-state index in [0.29, 0.717) is 6.42 Å². The number of aryl methyl sites for hydroxylation is 1. The molecule has 0 radical (unpaired) electrons. The average molecular weight is 210 g/mol. The zero-order valence-electron chi connectivity index (χ0n) is 9.53. The predicted octanol–water partition coefficient (Wildman–Crippen LogP) is 0.172. The first-order valence-corrected chi connectivity index (χ1v) is 5.21. The van der Waals surface area contributed by atoms with Crippen LogP contribution in [0.2, 0.25) is 0 Å². The molecule has 84 valence electrons. The summed E-state index contributed by atoms with van der Waals surface area (Å²) in [5, 5.41) is 7.09. The molecule has 15 heavy (non-hydrogen) atoms. The largest absolute Gasteiger partial charge is 0.316 e. The van der Waals surface area contributed by atoms with Gasteiger partial charge in [0.1, 0.15) is 17.9 Å². The third-order valence-electron chi connectivity index (χ3n) is 2.39. The summed E-state index contributed by atoms with van der Waals surface area (Å²) in [6.45, 7) is 5.58. The fraction of sp³-hybridized carbons (Fsp3) is 0.700. The van der Waals surface area contributed by atoms with Crippen LogP contribution >= 0.6 is 0 Å². The van der Waals surface area contributed by atoms with E-state index in [-0.39, 0.29) is 11.7 Å². The molecule has 0 aliphatic rings. The van der Waals surface area contributed by atoms with Gasteiger partial charge in [-0.1, -0.05) is 13.8 Å². The van der Waals surface area contributed by atoms with Crippen molar-refractivity contribution in [3.63, 3.8) is 0 Å². The molecule has 1 rings (SSSR count). The van der Waals surface area contributed by atoms with Gasteiger partial charge in [0.2, 0.25) is 0 Å². The second-order valence-electron chi connectivity index (χ2n) is 3.65. The van der Waals surface area contributed by atoms with Gasteiger partial charge in [-0.2, -0.15) is 5.10 Å². The minimum atomic E-state index is 0.0293. The molecule has 1 unspecified atom stereocenters. The lowest BCUT2D eigenvalue weighted by Crippen LogP contribution is -2.27. The number of nitrogens with zero attached hydrogens (tertiary/aromatic N) is 3. The highest BCUT2D eigenvalue weighted by Gasteiger charge is 2.15. The van der Waals surface area contributed by atoms with Gasteiger partial charge in [-0.05, 0) is 6.54 Å². The summed E-state index contributed by atoms with van der Waals surface area (Å²) in [6, 6.07) is 0. The first-order valence-electron chi connectivity index (χ1n) is 5.21. The number of ketones is 1. The lowest BCUT2D eigenvalue weighted by molar-refractivity contribution is -0.121. The SMILES string of the molecule is CCNCC(C)C(=O)Cc1ncnn1C. The molecule has 1 atom stereocenters. The van der Waals surface area contributed by atoms with Crippen molar-refractivity contribution in [2.24, 2.45) is 13.0 Å². The first-order chi connectivity index (χ1) is 7.15. The molecule has 1 heterocycles. The number of rotatable bonds is 6. The van der Waals surface area contributed by atoms with Crippen molar-refractivity contribution in [2.45, 2.75) is 20.3 Å². The molecule has 1 aromatic heterocycles. The number of carbonyl (C=O) groups is 1. The monoisotopic (exact) mass is 210 g/mol. The highest BCUT2D eigenvalue weighted by Crippen LogP contribution is 2.01. The topological polar surface area (TPSA) is 59.8 Å². The summed E-state index contributed by atoms with van der Waals surface area (Å²) in [7, 11) is 1.80. The van der Waals surface area contributed by atoms with E-state index in [9.17, 15) is 4.79 Å². The molecule has 1 aromatic rings. The molecule has 0 bridgehead atoms. The van der Waals surface area contributed by atoms with E-state index in [2.05, 4.69) is 15.4 Å². The van der Waals surface area contributed by atoms with Crippen LogP contribution in [-0.4, -0.2) is 33.6 Å². The molecule has 0 saturated heterocycles. The van der Waals surface area contributed by atoms with E-state index in [1.165, 1.54) is 6.33 Å². The lowest BCUT2D eigenvalue weighted by Gasteiger charge is -2.09. The number of aromatic nitrogens is 3. The smallest absolute Gasteiger partial charge is 0.144 e. The van der Waals surface area contributed by atoms with Crippen molar-refractivity contribution in [1.82, 2.24) is 20.1 Å². The Morgan fingerprint density at radius 2 is 2.40 bits per heavy atom. The Bertz CT molecular complexity index is 321. The Kier molecular flexibility index (Phi) is 4.42. The molecule has 0 amide bonds. The van der Waals surface area contributed by atoms with Crippen LogP contribution in [0.4, 0.5) is 0 Å². The van der Waals surface area contributed by atoms with Crippen molar-refractivity contribution in [2.75, 3.05) is 13.1 Å². The molecule has 0 aliphatic heterocycles. The fourth-order valence-corrected chi connectivity index (χ4v) is 1.28. The van der Waals surface area contributed by atoms with Gasteiger partial charge in [0.15, 0.2) is 0 Å². The number of hydrogen-bond acceptors (Lipinski definition) is 4. The van der Waals surface area contributed by atoms with Crippen molar-refractivity contribution in [1.29, 1.82) is 0 Å². The number of hydrogen-bond donors (Lipinski definition) is 1. The highest BCUT2D eigenvalue weighted by molar-refractivity contribution is 5.82. The fourth-order valence-electron chi connectivity index (χ4n) is 1.28. The molecule has 0 saturated carbocycles. The molecule has 0 spiro atoms. The van der Waals surface area contributed by atoms with Gasteiger partial charge >= 0.3 is 0 Å². The standard InChI is InChI=1S/C10H18N4O/c1-4-11-6-8(2)9(15)5-10-12-7-13-14(10)3/h7-8,11H,4-6H2,1-3H3. The first kappa shape index (κ1) is 11.8. The summed E-state index contributed by atoms with van der Waals surface area (Å²) >= 11 is 0. The zero-order chi connectivity index (χ0) is 11.3. The Balaban J connectivity index is 2.45. The predicted molar refractivity (Wildman–Crippen MR) is 57.4 cm³/mol. The quantitative estimate of drug-likeness (QED) is 0.727. The van der Waals surface area contributed by atoms with Crippen LogP contribution in [0.3, 0.4) is 0 Å². The van der Waals surface area contributed by atoms with E-state index in [0.717, 1.165) is 18.9 Å². The van der Waals surface area contributed by atoms with E-state index >= 15 is 0 Å². The summed E-state index contributed by atoms with van der Waals surface area (Å²) < 4.78 is 1.64. The maximum atomic E-state index is 11.7. The normalized spacial score (nSPS) is 12.7. The third kappa shape index (κ3) is 3.43. The van der Waals surface area contributed by atoms with Crippen molar-refractivity contribution in [3.8, 4) is 0 Å². The van der Waals surface area contributed by atoms with E-state index < -0.39 is 0 Å². The van der Waals surface area contributed by atoms with Crippen LogP contribution < -0.4 is 5.32 Å². The van der Waals surface area contributed by atoms with E-state index in [1.54, 1.807) is 11.7 Å². The second-order valence-corrected chi connectivity index (χ2v) is 3.65. The van der Waals surface area contributed by atoms with E-state index in [1.807, 2.05) is 13.8 Å². The molecular weight excluding hydrogens is 192 g/mol. The summed E-state index contributed by atoms with van der Waals surface area (Å²) in [4.78, 5) is 15.8. The molecule has 0 fully saturated rings. The maximum absolute atomic E-state index is 11.7. The van der Waals surface area contributed by atoms with Crippen LogP contribution in [-0.2, 0) is 18.3 Å². The molecule has 5 nitrogen and oxygen atoms in total. The van der Waals surface area contributed by atoms with Gasteiger partial charge in [-0.3, -0.25) is 9.48 Å². The molecule has 5 heteroatoms. The van der Waals surface area contributed by atoms with Crippen molar-refractivity contribution >= 4 is 5.78 Å². The van der Waals surface area contributed by atoms with E-state index in [4.69, 9.17) is 0 Å². The Labute approximate surface area is 89.9 Å². The van der Waals surface area contributed by atoms with Gasteiger partial charge in [0.05, 0.1) is 6.42 Å². The number of nitrogens with one attached hydrogen (secondary N) is 1. The van der Waals surface area contributed by atoms with Crippen LogP contribution in [0.1, 0.15) is 19.7 Å². The number of Topliss-reactive ketones (excluding diaryl/α,β-unsaturated/α-hetero) is 1. The maximum Gasteiger partial charge on any atom is 0.144 e. The zero-order valence-corrected chi connectivity index (χ0v) is 9.53. The van der Waals surface area contributed by atoms with Gasteiger partial charge in [-0.25, -0.2) is 4.98 Å². The minimum absolute atomic E-state index is 0.0293. The van der Waals surface area contributed by atoms with Gasteiger partial charge in [-0.15, -0.1) is 0 Å². The van der Waals surface area contributed by atoms with Crippen LogP contribution in [0.25, 0.3) is 0 Å². The third-order valence-corrected chi connectivity index (χ3v) is 2.39. The van der Waals surface area contributed by atoms with Gasteiger partial charge in [0.25, 0.3) is 0 Å². The summed E-state index contributed by atoms with van der Waals surface area (Å²) in [6.07, 6.45) is 1.83. The van der Waals surface area contributed by atoms with Crippen LogP contribution in [0, 0.1) is 5.92 Å².